The van der Waals surface area contributed by atoms with Crippen molar-refractivity contribution in [1.82, 2.24) is 10.2 Å². The van der Waals surface area contributed by atoms with E-state index in [-0.39, 0.29) is 23.7 Å². The molecule has 0 aliphatic carbocycles. The van der Waals surface area contributed by atoms with Gasteiger partial charge in [-0.15, -0.1) is 0 Å². The van der Waals surface area contributed by atoms with Crippen LogP contribution in [-0.2, 0) is 4.79 Å². The minimum Gasteiger partial charge on any atom is -0.478 e. The monoisotopic (exact) mass is 277 g/mol. The zero-order valence-electron chi connectivity index (χ0n) is 10.8. The third-order valence-corrected chi connectivity index (χ3v) is 2.95. The van der Waals surface area contributed by atoms with E-state index in [1.54, 1.807) is 12.1 Å². The molecule has 3 amide bonds. The highest BCUT2D eigenvalue weighted by Crippen LogP contribution is 2.15. The van der Waals surface area contributed by atoms with E-state index >= 15 is 0 Å². The molecular weight excluding hydrogens is 262 g/mol. The molecule has 2 rings (SSSR count). The lowest BCUT2D eigenvalue weighted by molar-refractivity contribution is -0.120. The second-order valence-corrected chi connectivity index (χ2v) is 4.41. The van der Waals surface area contributed by atoms with Gasteiger partial charge in [0.25, 0.3) is 0 Å². The molecule has 1 heterocycles. The van der Waals surface area contributed by atoms with Gasteiger partial charge >= 0.3 is 12.0 Å². The number of carbonyl (C=O) groups is 3. The van der Waals surface area contributed by atoms with Crippen molar-refractivity contribution in [2.45, 2.75) is 6.42 Å². The molecule has 1 fully saturated rings. The van der Waals surface area contributed by atoms with Gasteiger partial charge in [0.1, 0.15) is 6.54 Å². The molecule has 1 aliphatic rings. The number of hydrogen-bond acceptors (Lipinski definition) is 3. The maximum atomic E-state index is 12.1. The number of aromatic carboxylic acids is 1. The molecule has 106 valence electrons. The van der Waals surface area contributed by atoms with Crippen LogP contribution < -0.4 is 10.6 Å². The van der Waals surface area contributed by atoms with E-state index in [1.165, 1.54) is 17.0 Å². The zero-order chi connectivity index (χ0) is 14.5. The van der Waals surface area contributed by atoms with Gasteiger partial charge in [-0.3, -0.25) is 4.79 Å². The molecule has 0 atom stereocenters. The van der Waals surface area contributed by atoms with E-state index < -0.39 is 12.0 Å². The highest BCUT2D eigenvalue weighted by Gasteiger charge is 2.21. The predicted octanol–water partition coefficient (Wildman–Crippen LogP) is 0.739. The number of urea groups is 1. The summed E-state index contributed by atoms with van der Waals surface area (Å²) in [7, 11) is 0. The van der Waals surface area contributed by atoms with Gasteiger partial charge in [0, 0.05) is 13.1 Å². The standard InChI is InChI=1S/C13H15N3O4/c17-11-8-16(7-3-6-14-11)13(20)15-10-5-2-1-4-9(10)12(18)19/h1-2,4-5H,3,6-8H2,(H,14,17)(H,15,20)(H,18,19). The average molecular weight is 277 g/mol. The Balaban J connectivity index is 2.11. The van der Waals surface area contributed by atoms with Gasteiger partial charge in [-0.2, -0.15) is 0 Å². The largest absolute Gasteiger partial charge is 0.478 e. The van der Waals surface area contributed by atoms with Crippen LogP contribution in [0.1, 0.15) is 16.8 Å². The Hall–Kier alpha value is -2.57. The molecule has 7 heteroatoms. The van der Waals surface area contributed by atoms with Crippen LogP contribution in [0.2, 0.25) is 0 Å². The van der Waals surface area contributed by atoms with Gasteiger partial charge in [0.2, 0.25) is 5.91 Å². The van der Waals surface area contributed by atoms with E-state index in [1.807, 2.05) is 0 Å². The van der Waals surface area contributed by atoms with Crippen molar-refractivity contribution < 1.29 is 19.5 Å². The number of carboxylic acid groups (broad SMARTS) is 1. The molecule has 0 unspecified atom stereocenters. The maximum Gasteiger partial charge on any atom is 0.337 e. The van der Waals surface area contributed by atoms with Crippen molar-refractivity contribution in [3.05, 3.63) is 29.8 Å². The fraction of sp³-hybridized carbons (Fsp3) is 0.308. The highest BCUT2D eigenvalue weighted by molar-refractivity contribution is 6.00. The molecule has 7 nitrogen and oxygen atoms in total. The van der Waals surface area contributed by atoms with Crippen molar-refractivity contribution in [2.24, 2.45) is 0 Å². The summed E-state index contributed by atoms with van der Waals surface area (Å²) in [4.78, 5) is 35.9. The highest BCUT2D eigenvalue weighted by atomic mass is 16.4. The van der Waals surface area contributed by atoms with E-state index in [2.05, 4.69) is 10.6 Å². The fourth-order valence-corrected chi connectivity index (χ4v) is 1.95. The van der Waals surface area contributed by atoms with E-state index in [9.17, 15) is 14.4 Å². The van der Waals surface area contributed by atoms with Crippen LogP contribution >= 0.6 is 0 Å². The van der Waals surface area contributed by atoms with Crippen LogP contribution in [0.25, 0.3) is 0 Å². The summed E-state index contributed by atoms with van der Waals surface area (Å²) in [6.45, 7) is 0.954. The van der Waals surface area contributed by atoms with Gasteiger partial charge in [0.05, 0.1) is 11.3 Å². The number of nitrogens with zero attached hydrogens (tertiary/aromatic N) is 1. The van der Waals surface area contributed by atoms with Crippen LogP contribution in [0, 0.1) is 0 Å². The molecule has 1 saturated heterocycles. The summed E-state index contributed by atoms with van der Waals surface area (Å²) < 4.78 is 0. The van der Waals surface area contributed by atoms with Gasteiger partial charge in [-0.25, -0.2) is 9.59 Å². The molecule has 1 aromatic rings. The number of benzene rings is 1. The molecular formula is C13H15N3O4. The van der Waals surface area contributed by atoms with Crippen LogP contribution in [-0.4, -0.2) is 47.5 Å². The minimum absolute atomic E-state index is 0.0140. The van der Waals surface area contributed by atoms with Crippen LogP contribution in [0.5, 0.6) is 0 Å². The zero-order valence-corrected chi connectivity index (χ0v) is 10.8. The Morgan fingerprint density at radius 2 is 2.05 bits per heavy atom. The number of para-hydroxylation sites is 1. The molecule has 20 heavy (non-hydrogen) atoms. The van der Waals surface area contributed by atoms with Gasteiger partial charge in [-0.1, -0.05) is 12.1 Å². The lowest BCUT2D eigenvalue weighted by Crippen LogP contribution is -2.40. The van der Waals surface area contributed by atoms with E-state index in [4.69, 9.17) is 5.11 Å². The minimum atomic E-state index is -1.12. The Kier molecular flexibility index (Phi) is 4.19. The first-order valence-corrected chi connectivity index (χ1v) is 6.23. The summed E-state index contributed by atoms with van der Waals surface area (Å²) in [5.74, 6) is -1.33. The molecule has 0 bridgehead atoms. The molecule has 3 N–H and O–H groups in total. The van der Waals surface area contributed by atoms with Crippen molar-refractivity contribution in [3.63, 3.8) is 0 Å². The molecule has 0 saturated carbocycles. The van der Waals surface area contributed by atoms with Gasteiger partial charge < -0.3 is 20.6 Å². The molecule has 0 radical (unpaired) electrons. The topological polar surface area (TPSA) is 98.7 Å². The molecule has 0 spiro atoms. The van der Waals surface area contributed by atoms with Gasteiger partial charge in [0.15, 0.2) is 0 Å². The van der Waals surface area contributed by atoms with E-state index in [0.29, 0.717) is 19.5 Å². The predicted molar refractivity (Wildman–Crippen MR) is 71.6 cm³/mol. The first-order chi connectivity index (χ1) is 9.58. The summed E-state index contributed by atoms with van der Waals surface area (Å²) in [5.41, 5.74) is 0.231. The number of nitrogens with one attached hydrogen (secondary N) is 2. The Bertz CT molecular complexity index is 544. The smallest absolute Gasteiger partial charge is 0.337 e. The fourth-order valence-electron chi connectivity index (χ4n) is 1.95. The summed E-state index contributed by atoms with van der Waals surface area (Å²) in [6, 6.07) is 5.66. The average Bonchev–Trinajstić information content (AvgIpc) is 2.64. The first-order valence-electron chi connectivity index (χ1n) is 6.23. The number of hydrogen-bond donors (Lipinski definition) is 3. The van der Waals surface area contributed by atoms with E-state index in [0.717, 1.165) is 0 Å². The van der Waals surface area contributed by atoms with Crippen LogP contribution in [0.4, 0.5) is 10.5 Å². The van der Waals surface area contributed by atoms with Gasteiger partial charge in [-0.05, 0) is 18.6 Å². The van der Waals surface area contributed by atoms with Crippen LogP contribution in [0.15, 0.2) is 24.3 Å². The lowest BCUT2D eigenvalue weighted by atomic mass is 10.2. The third kappa shape index (κ3) is 3.25. The van der Waals surface area contributed by atoms with Crippen molar-refractivity contribution in [3.8, 4) is 0 Å². The normalized spacial score (nSPS) is 15.2. The lowest BCUT2D eigenvalue weighted by Gasteiger charge is -2.20. The first kappa shape index (κ1) is 13.9. The molecule has 0 aromatic heterocycles. The summed E-state index contributed by atoms with van der Waals surface area (Å²) >= 11 is 0. The molecule has 1 aliphatic heterocycles. The second-order valence-electron chi connectivity index (χ2n) is 4.41. The van der Waals surface area contributed by atoms with Crippen molar-refractivity contribution >= 4 is 23.6 Å². The number of carboxylic acids is 1. The summed E-state index contributed by atoms with van der Waals surface area (Å²) in [5, 5.41) is 14.3. The number of anilines is 1. The second kappa shape index (κ2) is 6.05. The summed E-state index contributed by atoms with van der Waals surface area (Å²) in [6.07, 6.45) is 0.666. The Morgan fingerprint density at radius 3 is 2.80 bits per heavy atom. The maximum absolute atomic E-state index is 12.1. The number of amides is 3. The SMILES string of the molecule is O=C1CN(C(=O)Nc2ccccc2C(=O)O)CCCN1. The van der Waals surface area contributed by atoms with Crippen molar-refractivity contribution in [2.75, 3.05) is 25.0 Å². The quantitative estimate of drug-likeness (QED) is 0.742. The third-order valence-electron chi connectivity index (χ3n) is 2.95. The number of carbonyl (C=O) groups excluding carboxylic acids is 2. The Labute approximate surface area is 115 Å². The number of rotatable bonds is 2. The van der Waals surface area contributed by atoms with Crippen LogP contribution in [0.3, 0.4) is 0 Å². The van der Waals surface area contributed by atoms with Crippen molar-refractivity contribution in [1.29, 1.82) is 0 Å². The molecule has 1 aromatic carbocycles. The Morgan fingerprint density at radius 1 is 1.30 bits per heavy atom.